The largest absolute Gasteiger partial charge is 0.343 e. The second-order valence-electron chi connectivity index (χ2n) is 9.91. The van der Waals surface area contributed by atoms with E-state index in [0.29, 0.717) is 17.5 Å². The fraction of sp³-hybridized carbons (Fsp3) is 0.483. The molecule has 2 aromatic carbocycles. The highest BCUT2D eigenvalue weighted by molar-refractivity contribution is 6.15. The van der Waals surface area contributed by atoms with E-state index in [0.717, 1.165) is 86.6 Å². The van der Waals surface area contributed by atoms with Gasteiger partial charge < -0.3 is 9.80 Å². The minimum atomic E-state index is 0.0751. The summed E-state index contributed by atoms with van der Waals surface area (Å²) in [4.78, 5) is 37.7. The van der Waals surface area contributed by atoms with Crippen LogP contribution in [0.15, 0.2) is 48.7 Å². The lowest BCUT2D eigenvalue weighted by Crippen LogP contribution is -2.52. The van der Waals surface area contributed by atoms with Crippen LogP contribution in [0.25, 0.3) is 21.7 Å². The highest BCUT2D eigenvalue weighted by Gasteiger charge is 2.34. The maximum absolute atomic E-state index is 13.6. The molecule has 2 amide bonds. The second kappa shape index (κ2) is 10.3. The van der Waals surface area contributed by atoms with E-state index in [9.17, 15) is 9.59 Å². The molecule has 3 heterocycles. The number of benzene rings is 2. The summed E-state index contributed by atoms with van der Waals surface area (Å²) < 4.78 is 0. The van der Waals surface area contributed by atoms with Gasteiger partial charge in [0, 0.05) is 50.3 Å². The molecule has 1 aromatic heterocycles. The van der Waals surface area contributed by atoms with E-state index in [2.05, 4.69) is 41.9 Å². The molecular weight excluding hydrogens is 436 g/mol. The van der Waals surface area contributed by atoms with Gasteiger partial charge in [-0.25, -0.2) is 0 Å². The number of hydrogen-bond donors (Lipinski definition) is 0. The van der Waals surface area contributed by atoms with Crippen LogP contribution in [0.3, 0.4) is 0 Å². The van der Waals surface area contributed by atoms with Crippen LogP contribution in [-0.4, -0.2) is 76.8 Å². The average molecular weight is 473 g/mol. The zero-order chi connectivity index (χ0) is 24.4. The Morgan fingerprint density at radius 2 is 1.71 bits per heavy atom. The van der Waals surface area contributed by atoms with E-state index in [4.69, 9.17) is 0 Å². The van der Waals surface area contributed by atoms with E-state index >= 15 is 0 Å². The SMILES string of the molecule is CCN(CC)C(=O)C1CCCN(C2CCN(C(=O)c3cc4ccccc4c4cccnc34)CC2)C1. The Kier molecular flexibility index (Phi) is 7.00. The van der Waals surface area contributed by atoms with Crippen molar-refractivity contribution in [3.05, 3.63) is 54.2 Å². The quantitative estimate of drug-likeness (QED) is 0.511. The molecule has 0 spiro atoms. The molecular formula is C29H36N4O2. The van der Waals surface area contributed by atoms with E-state index in [1.165, 1.54) is 0 Å². The van der Waals surface area contributed by atoms with Crippen LogP contribution in [-0.2, 0) is 4.79 Å². The number of carbonyl (C=O) groups excluding carboxylic acids is 2. The molecule has 0 saturated carbocycles. The van der Waals surface area contributed by atoms with E-state index in [1.807, 2.05) is 34.1 Å². The van der Waals surface area contributed by atoms with Gasteiger partial charge in [-0.15, -0.1) is 0 Å². The summed E-state index contributed by atoms with van der Waals surface area (Å²) in [6, 6.07) is 14.6. The van der Waals surface area contributed by atoms with Crippen molar-refractivity contribution in [2.24, 2.45) is 5.92 Å². The van der Waals surface area contributed by atoms with Gasteiger partial charge in [-0.3, -0.25) is 19.5 Å². The van der Waals surface area contributed by atoms with Crippen LogP contribution in [0.2, 0.25) is 0 Å². The van der Waals surface area contributed by atoms with E-state index < -0.39 is 0 Å². The molecule has 6 nitrogen and oxygen atoms in total. The zero-order valence-electron chi connectivity index (χ0n) is 20.9. The van der Waals surface area contributed by atoms with Gasteiger partial charge in [0.1, 0.15) is 0 Å². The molecule has 1 unspecified atom stereocenters. The lowest BCUT2D eigenvalue weighted by atomic mass is 9.92. The maximum Gasteiger partial charge on any atom is 0.256 e. The summed E-state index contributed by atoms with van der Waals surface area (Å²) in [5, 5.41) is 3.23. The minimum absolute atomic E-state index is 0.0751. The molecule has 0 N–H and O–H groups in total. The van der Waals surface area contributed by atoms with Gasteiger partial charge in [0.2, 0.25) is 5.91 Å². The number of piperidine rings is 2. The third kappa shape index (κ3) is 4.64. The first-order valence-corrected chi connectivity index (χ1v) is 13.2. The molecule has 0 bridgehead atoms. The van der Waals surface area contributed by atoms with Gasteiger partial charge in [0.25, 0.3) is 5.91 Å². The van der Waals surface area contributed by atoms with Gasteiger partial charge in [-0.1, -0.05) is 30.3 Å². The first-order chi connectivity index (χ1) is 17.1. The summed E-state index contributed by atoms with van der Waals surface area (Å²) >= 11 is 0. The van der Waals surface area contributed by atoms with Crippen molar-refractivity contribution < 1.29 is 9.59 Å². The molecule has 6 heteroatoms. The number of pyridine rings is 1. The van der Waals surface area contributed by atoms with Crippen molar-refractivity contribution in [3.63, 3.8) is 0 Å². The number of rotatable bonds is 5. The average Bonchev–Trinajstić information content (AvgIpc) is 2.93. The standard InChI is InChI=1S/C29H36N4O2/c1-3-31(4-2)28(34)22-10-8-16-33(20-22)23-13-17-32(18-14-23)29(35)26-19-21-9-5-6-11-24(21)25-12-7-15-30-27(25)26/h5-7,9,11-12,15,19,22-23H,3-4,8,10,13-14,16-18,20H2,1-2H3. The highest BCUT2D eigenvalue weighted by Crippen LogP contribution is 2.30. The predicted octanol–water partition coefficient (Wildman–Crippen LogP) is 4.57. The number of likely N-dealkylation sites (tertiary alicyclic amines) is 2. The van der Waals surface area contributed by atoms with Crippen LogP contribution in [0.1, 0.15) is 49.9 Å². The topological polar surface area (TPSA) is 56.8 Å². The monoisotopic (exact) mass is 472 g/mol. The first kappa shape index (κ1) is 23.7. The second-order valence-corrected chi connectivity index (χ2v) is 9.91. The summed E-state index contributed by atoms with van der Waals surface area (Å²) in [5.41, 5.74) is 1.48. The van der Waals surface area contributed by atoms with Gasteiger partial charge in [-0.2, -0.15) is 0 Å². The Labute approximate surface area is 207 Å². The van der Waals surface area contributed by atoms with E-state index in [1.54, 1.807) is 6.20 Å². The third-order valence-electron chi connectivity index (χ3n) is 7.99. The Balaban J connectivity index is 1.28. The summed E-state index contributed by atoms with van der Waals surface area (Å²) in [7, 11) is 0. The number of hydrogen-bond acceptors (Lipinski definition) is 4. The number of carbonyl (C=O) groups is 2. The fourth-order valence-electron chi connectivity index (χ4n) is 6.03. The Bertz CT molecular complexity index is 1210. The minimum Gasteiger partial charge on any atom is -0.343 e. The molecule has 1 atom stereocenters. The molecule has 3 aromatic rings. The van der Waals surface area contributed by atoms with Crippen molar-refractivity contribution >= 4 is 33.5 Å². The van der Waals surface area contributed by atoms with Crippen molar-refractivity contribution in [2.45, 2.75) is 45.6 Å². The lowest BCUT2D eigenvalue weighted by molar-refractivity contribution is -0.137. The van der Waals surface area contributed by atoms with Crippen LogP contribution < -0.4 is 0 Å². The highest BCUT2D eigenvalue weighted by atomic mass is 16.2. The Hall–Kier alpha value is -2.99. The predicted molar refractivity (Wildman–Crippen MR) is 140 cm³/mol. The normalized spacial score (nSPS) is 19.8. The Morgan fingerprint density at radius 3 is 2.49 bits per heavy atom. The molecule has 184 valence electrons. The van der Waals surface area contributed by atoms with Crippen molar-refractivity contribution in [1.29, 1.82) is 0 Å². The Morgan fingerprint density at radius 1 is 0.971 bits per heavy atom. The number of fused-ring (bicyclic) bond motifs is 3. The van der Waals surface area contributed by atoms with Gasteiger partial charge >= 0.3 is 0 Å². The molecule has 0 radical (unpaired) electrons. The van der Waals surface area contributed by atoms with E-state index in [-0.39, 0.29) is 11.8 Å². The summed E-state index contributed by atoms with van der Waals surface area (Å²) in [6.45, 7) is 9.08. The van der Waals surface area contributed by atoms with Crippen molar-refractivity contribution in [1.82, 2.24) is 19.7 Å². The molecule has 0 aliphatic carbocycles. The maximum atomic E-state index is 13.6. The molecule has 2 aliphatic rings. The molecule has 35 heavy (non-hydrogen) atoms. The third-order valence-corrected chi connectivity index (χ3v) is 7.99. The first-order valence-electron chi connectivity index (χ1n) is 13.2. The van der Waals surface area contributed by atoms with Crippen LogP contribution in [0, 0.1) is 5.92 Å². The summed E-state index contributed by atoms with van der Waals surface area (Å²) in [5.74, 6) is 0.493. The van der Waals surface area contributed by atoms with Crippen LogP contribution >= 0.6 is 0 Å². The number of nitrogens with zero attached hydrogens (tertiary/aromatic N) is 4. The molecule has 2 saturated heterocycles. The van der Waals surface area contributed by atoms with Crippen LogP contribution in [0.4, 0.5) is 0 Å². The van der Waals surface area contributed by atoms with Crippen molar-refractivity contribution in [2.75, 3.05) is 39.3 Å². The number of amides is 2. The zero-order valence-corrected chi connectivity index (χ0v) is 20.9. The molecule has 5 rings (SSSR count). The van der Waals surface area contributed by atoms with Gasteiger partial charge in [0.15, 0.2) is 0 Å². The molecule has 2 aliphatic heterocycles. The van der Waals surface area contributed by atoms with Gasteiger partial charge in [0.05, 0.1) is 17.0 Å². The molecule has 2 fully saturated rings. The number of aromatic nitrogens is 1. The fourth-order valence-corrected chi connectivity index (χ4v) is 6.03. The smallest absolute Gasteiger partial charge is 0.256 e. The van der Waals surface area contributed by atoms with Crippen LogP contribution in [0.5, 0.6) is 0 Å². The lowest BCUT2D eigenvalue weighted by Gasteiger charge is -2.42. The van der Waals surface area contributed by atoms with Crippen molar-refractivity contribution in [3.8, 4) is 0 Å². The van der Waals surface area contributed by atoms with Gasteiger partial charge in [-0.05, 0) is 69.0 Å². The summed E-state index contributed by atoms with van der Waals surface area (Å²) in [6.07, 6.45) is 5.75.